The number of rotatable bonds is 4. The minimum Gasteiger partial charge on any atom is -0.486 e. The van der Waals surface area contributed by atoms with Gasteiger partial charge in [0.15, 0.2) is 11.5 Å². The van der Waals surface area contributed by atoms with Crippen molar-refractivity contribution in [2.75, 3.05) is 19.8 Å². The van der Waals surface area contributed by atoms with Crippen molar-refractivity contribution in [3.63, 3.8) is 0 Å². The molecule has 1 atom stereocenters. The molecule has 0 radical (unpaired) electrons. The van der Waals surface area contributed by atoms with E-state index in [4.69, 9.17) is 9.47 Å². The Morgan fingerprint density at radius 2 is 2.00 bits per heavy atom. The number of nitrogens with one attached hydrogen (secondary N) is 1. The summed E-state index contributed by atoms with van der Waals surface area (Å²) in [6, 6.07) is 4.36. The Balaban J connectivity index is 0.00000220. The normalized spacial score (nSPS) is 20.6. The molecule has 0 fully saturated rings. The molecule has 1 aliphatic rings. The van der Waals surface area contributed by atoms with Gasteiger partial charge in [0.2, 0.25) is 0 Å². The van der Waals surface area contributed by atoms with Gasteiger partial charge < -0.3 is 19.9 Å². The number of benzene rings is 1. The zero-order valence-corrected chi connectivity index (χ0v) is 12.7. The number of hydrogen-bond donors (Lipinski definition) is 2. The first-order valence-corrected chi connectivity index (χ1v) is 6.39. The van der Waals surface area contributed by atoms with E-state index in [1.54, 1.807) is 0 Å². The Morgan fingerprint density at radius 1 is 1.38 bits per heavy atom. The summed E-state index contributed by atoms with van der Waals surface area (Å²) in [5, 5.41) is 24.3. The van der Waals surface area contributed by atoms with Gasteiger partial charge in [-0.15, -0.1) is 12.4 Å². The van der Waals surface area contributed by atoms with Crippen molar-refractivity contribution < 1.29 is 19.5 Å². The molecule has 0 bridgehead atoms. The van der Waals surface area contributed by atoms with Crippen LogP contribution in [-0.4, -0.2) is 41.4 Å². The molecule has 1 aromatic carbocycles. The zero-order chi connectivity index (χ0) is 14.8. The predicted molar refractivity (Wildman–Crippen MR) is 79.4 cm³/mol. The van der Waals surface area contributed by atoms with Gasteiger partial charge in [-0.1, -0.05) is 13.8 Å². The molecule has 1 aliphatic heterocycles. The zero-order valence-electron chi connectivity index (χ0n) is 11.9. The molecule has 21 heavy (non-hydrogen) atoms. The minimum atomic E-state index is -1.17. The van der Waals surface area contributed by atoms with Crippen LogP contribution in [0.1, 0.15) is 13.8 Å². The second-order valence-electron chi connectivity index (χ2n) is 5.23. The highest BCUT2D eigenvalue weighted by Crippen LogP contribution is 2.34. The largest absolute Gasteiger partial charge is 0.486 e. The molecule has 1 unspecified atom stereocenters. The third kappa shape index (κ3) is 4.45. The van der Waals surface area contributed by atoms with Crippen LogP contribution in [0.2, 0.25) is 0 Å². The predicted octanol–water partition coefficient (Wildman–Crippen LogP) is 1.52. The maximum absolute atomic E-state index is 10.7. The molecule has 8 heteroatoms. The number of nitro benzene ring substituents is 1. The van der Waals surface area contributed by atoms with Crippen molar-refractivity contribution in [1.29, 1.82) is 0 Å². The van der Waals surface area contributed by atoms with Gasteiger partial charge in [-0.05, 0) is 6.07 Å². The molecule has 1 heterocycles. The Kier molecular flexibility index (Phi) is 5.77. The SMILES string of the molecule is CC(C)NCC1(O)COc2ccc([N+](=O)[O-])cc2OC1.Cl. The van der Waals surface area contributed by atoms with Crippen molar-refractivity contribution >= 4 is 18.1 Å². The van der Waals surface area contributed by atoms with Gasteiger partial charge >= 0.3 is 0 Å². The highest BCUT2D eigenvalue weighted by molar-refractivity contribution is 5.85. The Hall–Kier alpha value is -1.57. The maximum Gasteiger partial charge on any atom is 0.273 e. The molecule has 0 spiro atoms. The summed E-state index contributed by atoms with van der Waals surface area (Å²) in [6.07, 6.45) is 0. The van der Waals surface area contributed by atoms with Crippen molar-refractivity contribution in [2.24, 2.45) is 0 Å². The number of non-ortho nitro benzene ring substituents is 1. The Bertz CT molecular complexity index is 511. The standard InChI is InChI=1S/C13H18N2O5.ClH/c1-9(2)14-6-13(16)7-19-11-4-3-10(15(17)18)5-12(11)20-8-13;/h3-5,9,14,16H,6-8H2,1-2H3;1H. The van der Waals surface area contributed by atoms with Crippen LogP contribution in [0, 0.1) is 10.1 Å². The van der Waals surface area contributed by atoms with E-state index in [-0.39, 0.29) is 43.1 Å². The van der Waals surface area contributed by atoms with E-state index in [1.807, 2.05) is 13.8 Å². The highest BCUT2D eigenvalue weighted by atomic mass is 35.5. The minimum absolute atomic E-state index is 0. The van der Waals surface area contributed by atoms with Crippen molar-refractivity contribution in [2.45, 2.75) is 25.5 Å². The molecule has 0 saturated carbocycles. The van der Waals surface area contributed by atoms with Crippen LogP contribution in [0.3, 0.4) is 0 Å². The fraction of sp³-hybridized carbons (Fsp3) is 0.538. The van der Waals surface area contributed by atoms with Crippen LogP contribution in [0.15, 0.2) is 18.2 Å². The average Bonchev–Trinajstić information content (AvgIpc) is 2.57. The van der Waals surface area contributed by atoms with Crippen LogP contribution in [-0.2, 0) is 0 Å². The first-order chi connectivity index (χ1) is 9.39. The number of fused-ring (bicyclic) bond motifs is 1. The lowest BCUT2D eigenvalue weighted by molar-refractivity contribution is -0.385. The summed E-state index contributed by atoms with van der Waals surface area (Å²) < 4.78 is 11.0. The van der Waals surface area contributed by atoms with E-state index in [0.717, 1.165) is 0 Å². The third-order valence-electron chi connectivity index (χ3n) is 2.97. The van der Waals surface area contributed by atoms with E-state index in [0.29, 0.717) is 12.3 Å². The monoisotopic (exact) mass is 318 g/mol. The Labute approximate surface area is 128 Å². The van der Waals surface area contributed by atoms with Gasteiger partial charge in [-0.3, -0.25) is 10.1 Å². The van der Waals surface area contributed by atoms with Crippen molar-refractivity contribution in [3.05, 3.63) is 28.3 Å². The number of halogens is 1. The van der Waals surface area contributed by atoms with Crippen molar-refractivity contribution in [3.8, 4) is 11.5 Å². The molecule has 118 valence electrons. The molecule has 0 aromatic heterocycles. The fourth-order valence-corrected chi connectivity index (χ4v) is 1.80. The van der Waals surface area contributed by atoms with E-state index >= 15 is 0 Å². The van der Waals surface area contributed by atoms with Crippen LogP contribution in [0.25, 0.3) is 0 Å². The number of nitro groups is 1. The molecular weight excluding hydrogens is 300 g/mol. The average molecular weight is 319 g/mol. The van der Waals surface area contributed by atoms with E-state index in [2.05, 4.69) is 5.32 Å². The maximum atomic E-state index is 10.7. The molecule has 0 aliphatic carbocycles. The second kappa shape index (κ2) is 6.93. The number of aliphatic hydroxyl groups is 1. The number of ether oxygens (including phenoxy) is 2. The lowest BCUT2D eigenvalue weighted by atomic mass is 10.1. The van der Waals surface area contributed by atoms with Gasteiger partial charge in [0, 0.05) is 18.7 Å². The summed E-state index contributed by atoms with van der Waals surface area (Å²) in [6.45, 7) is 4.35. The topological polar surface area (TPSA) is 93.9 Å². The van der Waals surface area contributed by atoms with E-state index in [1.165, 1.54) is 18.2 Å². The van der Waals surface area contributed by atoms with Crippen LogP contribution >= 0.6 is 12.4 Å². The second-order valence-corrected chi connectivity index (χ2v) is 5.23. The van der Waals surface area contributed by atoms with Gasteiger partial charge in [0.05, 0.1) is 11.0 Å². The lowest BCUT2D eigenvalue weighted by Crippen LogP contribution is -2.50. The van der Waals surface area contributed by atoms with Gasteiger partial charge in [0.1, 0.15) is 18.8 Å². The summed E-state index contributed by atoms with van der Waals surface area (Å²) >= 11 is 0. The fourth-order valence-electron chi connectivity index (χ4n) is 1.80. The summed E-state index contributed by atoms with van der Waals surface area (Å²) in [5.41, 5.74) is -1.24. The van der Waals surface area contributed by atoms with Crippen LogP contribution in [0.5, 0.6) is 11.5 Å². The number of hydrogen-bond acceptors (Lipinski definition) is 6. The van der Waals surface area contributed by atoms with Crippen LogP contribution < -0.4 is 14.8 Å². The molecule has 2 rings (SSSR count). The molecule has 0 amide bonds. The smallest absolute Gasteiger partial charge is 0.273 e. The molecule has 7 nitrogen and oxygen atoms in total. The highest BCUT2D eigenvalue weighted by Gasteiger charge is 2.33. The first kappa shape index (κ1) is 17.5. The summed E-state index contributed by atoms with van der Waals surface area (Å²) in [4.78, 5) is 10.2. The molecular formula is C13H19ClN2O5. The quantitative estimate of drug-likeness (QED) is 0.645. The third-order valence-corrected chi connectivity index (χ3v) is 2.97. The van der Waals surface area contributed by atoms with Gasteiger partial charge in [0.25, 0.3) is 5.69 Å². The lowest BCUT2D eigenvalue weighted by Gasteiger charge is -2.26. The molecule has 2 N–H and O–H groups in total. The summed E-state index contributed by atoms with van der Waals surface area (Å²) in [5.74, 6) is 0.677. The summed E-state index contributed by atoms with van der Waals surface area (Å²) in [7, 11) is 0. The van der Waals surface area contributed by atoms with E-state index < -0.39 is 10.5 Å². The Morgan fingerprint density at radius 3 is 2.57 bits per heavy atom. The number of nitrogens with zero attached hydrogens (tertiary/aromatic N) is 1. The van der Waals surface area contributed by atoms with E-state index in [9.17, 15) is 15.2 Å². The van der Waals surface area contributed by atoms with Crippen LogP contribution in [0.4, 0.5) is 5.69 Å². The van der Waals surface area contributed by atoms with Gasteiger partial charge in [-0.25, -0.2) is 0 Å². The van der Waals surface area contributed by atoms with Crippen molar-refractivity contribution in [1.82, 2.24) is 5.32 Å². The van der Waals surface area contributed by atoms with Gasteiger partial charge in [-0.2, -0.15) is 0 Å². The molecule has 0 saturated heterocycles. The first-order valence-electron chi connectivity index (χ1n) is 6.39. The molecule has 1 aromatic rings.